The average molecular weight is 204 g/mol. The topological polar surface area (TPSA) is 93.1 Å². The molecule has 1 fully saturated rings. The summed E-state index contributed by atoms with van der Waals surface area (Å²) in [6.07, 6.45) is -0.286. The van der Waals surface area contributed by atoms with E-state index in [4.69, 9.17) is 10.4 Å². The van der Waals surface area contributed by atoms with E-state index >= 15 is 0 Å². The molecule has 1 rings (SSSR count). The van der Waals surface area contributed by atoms with Crippen LogP contribution in [0.2, 0.25) is 0 Å². The number of carboxylic acid groups (broad SMARTS) is 1. The summed E-state index contributed by atoms with van der Waals surface area (Å²) in [6.45, 7) is 0. The Hall–Kier alpha value is -1.14. The Morgan fingerprint density at radius 2 is 1.86 bits per heavy atom. The lowest BCUT2D eigenvalue weighted by atomic mass is 9.97. The van der Waals surface area contributed by atoms with E-state index in [1.807, 2.05) is 0 Å². The molecule has 0 bridgehead atoms. The van der Waals surface area contributed by atoms with Gasteiger partial charge in [-0.3, -0.25) is 14.8 Å². The Labute approximate surface area is 80.4 Å². The minimum atomic E-state index is -1.07. The van der Waals surface area contributed by atoms with E-state index in [0.29, 0.717) is 0 Å². The SMILES string of the molecule is COC(=O)[C@@H]1C[C@H](OO)C[C@H]1C(=O)O. The standard InChI is InChI=1S/C8H12O6/c1-13-8(11)6-3-4(14-12)2-5(6)7(9)10/h4-6,12H,2-3H2,1H3,(H,9,10)/t4-,5-,6-/m1/s1. The summed E-state index contributed by atoms with van der Waals surface area (Å²) < 4.78 is 4.47. The van der Waals surface area contributed by atoms with Crippen molar-refractivity contribution in [2.45, 2.75) is 18.9 Å². The first kappa shape index (κ1) is 10.9. The van der Waals surface area contributed by atoms with Crippen molar-refractivity contribution < 1.29 is 29.6 Å². The summed E-state index contributed by atoms with van der Waals surface area (Å²) in [5.41, 5.74) is 0. The molecule has 0 heterocycles. The summed E-state index contributed by atoms with van der Waals surface area (Å²) in [6, 6.07) is 0. The highest BCUT2D eigenvalue weighted by Gasteiger charge is 2.44. The van der Waals surface area contributed by atoms with E-state index in [-0.39, 0.29) is 12.8 Å². The first-order chi connectivity index (χ1) is 6.60. The molecular formula is C8H12O6. The third-order valence-corrected chi connectivity index (χ3v) is 2.49. The molecule has 0 unspecified atom stereocenters. The smallest absolute Gasteiger partial charge is 0.309 e. The summed E-state index contributed by atoms with van der Waals surface area (Å²) >= 11 is 0. The largest absolute Gasteiger partial charge is 0.481 e. The molecular weight excluding hydrogens is 192 g/mol. The van der Waals surface area contributed by atoms with Gasteiger partial charge in [-0.25, -0.2) is 4.89 Å². The number of esters is 1. The Balaban J connectivity index is 2.71. The van der Waals surface area contributed by atoms with Gasteiger partial charge in [0.1, 0.15) is 0 Å². The van der Waals surface area contributed by atoms with Crippen LogP contribution in [-0.4, -0.2) is 35.5 Å². The van der Waals surface area contributed by atoms with Crippen molar-refractivity contribution in [2.24, 2.45) is 11.8 Å². The van der Waals surface area contributed by atoms with Crippen molar-refractivity contribution in [3.63, 3.8) is 0 Å². The predicted molar refractivity (Wildman–Crippen MR) is 43.4 cm³/mol. The highest BCUT2D eigenvalue weighted by atomic mass is 17.1. The summed E-state index contributed by atoms with van der Waals surface area (Å²) in [4.78, 5) is 26.0. The molecule has 0 aromatic rings. The number of aliphatic carboxylic acids is 1. The summed E-state index contributed by atoms with van der Waals surface area (Å²) in [7, 11) is 1.20. The van der Waals surface area contributed by atoms with Gasteiger partial charge in [0.05, 0.1) is 25.0 Å². The predicted octanol–water partition coefficient (Wildman–Crippen LogP) is 0.128. The third kappa shape index (κ3) is 2.02. The summed E-state index contributed by atoms with van der Waals surface area (Å²) in [5.74, 6) is -3.20. The molecule has 0 aliphatic heterocycles. The second-order valence-corrected chi connectivity index (χ2v) is 3.27. The lowest BCUT2D eigenvalue weighted by Crippen LogP contribution is -2.26. The molecule has 0 radical (unpaired) electrons. The molecule has 1 aliphatic carbocycles. The van der Waals surface area contributed by atoms with E-state index < -0.39 is 29.9 Å². The van der Waals surface area contributed by atoms with Crippen LogP contribution in [0.1, 0.15) is 12.8 Å². The van der Waals surface area contributed by atoms with Gasteiger partial charge in [0.15, 0.2) is 0 Å². The normalized spacial score (nSPS) is 31.4. The van der Waals surface area contributed by atoms with Crippen LogP contribution in [0.25, 0.3) is 0 Å². The number of methoxy groups -OCH3 is 1. The maximum atomic E-state index is 11.2. The molecule has 0 aromatic carbocycles. The van der Waals surface area contributed by atoms with Gasteiger partial charge in [-0.15, -0.1) is 0 Å². The van der Waals surface area contributed by atoms with Gasteiger partial charge in [0.25, 0.3) is 0 Å². The Morgan fingerprint density at radius 3 is 2.29 bits per heavy atom. The Bertz CT molecular complexity index is 238. The van der Waals surface area contributed by atoms with Crippen molar-refractivity contribution in [3.05, 3.63) is 0 Å². The molecule has 3 atom stereocenters. The van der Waals surface area contributed by atoms with Crippen LogP contribution in [-0.2, 0) is 19.2 Å². The zero-order chi connectivity index (χ0) is 10.7. The molecule has 14 heavy (non-hydrogen) atoms. The summed E-state index contributed by atoms with van der Waals surface area (Å²) in [5, 5.41) is 17.2. The van der Waals surface area contributed by atoms with Crippen molar-refractivity contribution >= 4 is 11.9 Å². The molecule has 1 aliphatic rings. The minimum absolute atomic E-state index is 0.131. The van der Waals surface area contributed by atoms with Gasteiger partial charge in [-0.2, -0.15) is 0 Å². The van der Waals surface area contributed by atoms with Crippen LogP contribution in [0.15, 0.2) is 0 Å². The molecule has 6 heteroatoms. The Morgan fingerprint density at radius 1 is 1.29 bits per heavy atom. The van der Waals surface area contributed by atoms with Gasteiger partial charge in [0.2, 0.25) is 0 Å². The second-order valence-electron chi connectivity index (χ2n) is 3.27. The number of carboxylic acids is 1. The maximum absolute atomic E-state index is 11.2. The van der Waals surface area contributed by atoms with Crippen molar-refractivity contribution in [2.75, 3.05) is 7.11 Å². The average Bonchev–Trinajstić information content (AvgIpc) is 2.60. The van der Waals surface area contributed by atoms with Crippen molar-refractivity contribution in [1.29, 1.82) is 0 Å². The fourth-order valence-corrected chi connectivity index (χ4v) is 1.76. The fraction of sp³-hybridized carbons (Fsp3) is 0.750. The lowest BCUT2D eigenvalue weighted by molar-refractivity contribution is -0.277. The van der Waals surface area contributed by atoms with Crippen LogP contribution < -0.4 is 0 Å². The van der Waals surface area contributed by atoms with Gasteiger partial charge < -0.3 is 9.84 Å². The molecule has 0 saturated heterocycles. The van der Waals surface area contributed by atoms with Crippen LogP contribution >= 0.6 is 0 Å². The van der Waals surface area contributed by atoms with E-state index in [0.717, 1.165) is 0 Å². The monoisotopic (exact) mass is 204 g/mol. The number of hydrogen-bond acceptors (Lipinski definition) is 5. The lowest BCUT2D eigenvalue weighted by Gasteiger charge is -2.11. The van der Waals surface area contributed by atoms with E-state index in [9.17, 15) is 9.59 Å². The molecule has 80 valence electrons. The molecule has 0 spiro atoms. The number of carbonyl (C=O) groups is 2. The van der Waals surface area contributed by atoms with Gasteiger partial charge in [-0.05, 0) is 12.8 Å². The number of ether oxygens (including phenoxy) is 1. The first-order valence-electron chi connectivity index (χ1n) is 4.21. The zero-order valence-corrected chi connectivity index (χ0v) is 7.67. The van der Waals surface area contributed by atoms with Crippen LogP contribution in [0, 0.1) is 11.8 Å². The van der Waals surface area contributed by atoms with Gasteiger partial charge in [-0.1, -0.05) is 0 Å². The van der Waals surface area contributed by atoms with Gasteiger partial charge >= 0.3 is 11.9 Å². The Kier molecular flexibility index (Phi) is 3.43. The number of carbonyl (C=O) groups excluding carboxylic acids is 1. The minimum Gasteiger partial charge on any atom is -0.481 e. The first-order valence-corrected chi connectivity index (χ1v) is 4.21. The van der Waals surface area contributed by atoms with Crippen LogP contribution in [0.4, 0.5) is 0 Å². The molecule has 2 N–H and O–H groups in total. The highest BCUT2D eigenvalue weighted by Crippen LogP contribution is 2.34. The third-order valence-electron chi connectivity index (χ3n) is 2.49. The van der Waals surface area contributed by atoms with Gasteiger partial charge in [0, 0.05) is 0 Å². The van der Waals surface area contributed by atoms with E-state index in [1.54, 1.807) is 0 Å². The molecule has 0 aromatic heterocycles. The number of rotatable bonds is 3. The van der Waals surface area contributed by atoms with Crippen molar-refractivity contribution in [1.82, 2.24) is 0 Å². The molecule has 0 amide bonds. The zero-order valence-electron chi connectivity index (χ0n) is 7.67. The quantitative estimate of drug-likeness (QED) is 0.385. The van der Waals surface area contributed by atoms with Crippen LogP contribution in [0.5, 0.6) is 0 Å². The van der Waals surface area contributed by atoms with E-state index in [2.05, 4.69) is 9.62 Å². The highest BCUT2D eigenvalue weighted by molar-refractivity contribution is 5.81. The van der Waals surface area contributed by atoms with Crippen molar-refractivity contribution in [3.8, 4) is 0 Å². The maximum Gasteiger partial charge on any atom is 0.309 e. The van der Waals surface area contributed by atoms with E-state index in [1.165, 1.54) is 7.11 Å². The fourth-order valence-electron chi connectivity index (χ4n) is 1.76. The molecule has 6 nitrogen and oxygen atoms in total. The molecule has 1 saturated carbocycles. The number of hydrogen-bond donors (Lipinski definition) is 2. The van der Waals surface area contributed by atoms with Crippen LogP contribution in [0.3, 0.4) is 0 Å². The second kappa shape index (κ2) is 4.39.